The Hall–Kier alpha value is -2.03. The number of hydrogen-bond acceptors (Lipinski definition) is 2. The highest BCUT2D eigenvalue weighted by molar-refractivity contribution is 5.56. The number of hydrogen-bond donors (Lipinski definition) is 1. The zero-order chi connectivity index (χ0) is 12.5. The van der Waals surface area contributed by atoms with E-state index in [4.69, 9.17) is 0 Å². The summed E-state index contributed by atoms with van der Waals surface area (Å²) in [6.45, 7) is 1.69. The molecular weight excluding hydrogens is 227 g/mol. The first-order valence-corrected chi connectivity index (χ1v) is 6.06. The van der Waals surface area contributed by atoms with Crippen LogP contribution in [0.4, 0.5) is 15.8 Å². The number of benzene rings is 2. The summed E-state index contributed by atoms with van der Waals surface area (Å²) < 4.78 is 13.2. The summed E-state index contributed by atoms with van der Waals surface area (Å²) in [4.78, 5) is 2.19. The SMILES string of the molecule is CNc1ccc2c(c1)CN(c1cccc(F)c1)C2. The third-order valence-electron chi connectivity index (χ3n) is 3.39. The molecule has 0 spiro atoms. The van der Waals surface area contributed by atoms with Gasteiger partial charge in [-0.25, -0.2) is 4.39 Å². The van der Waals surface area contributed by atoms with Crippen LogP contribution in [0.3, 0.4) is 0 Å². The van der Waals surface area contributed by atoms with E-state index < -0.39 is 0 Å². The van der Waals surface area contributed by atoms with E-state index >= 15 is 0 Å². The molecule has 0 fully saturated rings. The zero-order valence-electron chi connectivity index (χ0n) is 10.3. The van der Waals surface area contributed by atoms with Crippen molar-refractivity contribution in [2.24, 2.45) is 0 Å². The molecule has 2 aromatic rings. The van der Waals surface area contributed by atoms with Crippen molar-refractivity contribution in [3.63, 3.8) is 0 Å². The summed E-state index contributed by atoms with van der Waals surface area (Å²) in [6, 6.07) is 13.2. The Labute approximate surface area is 106 Å². The second-order valence-electron chi connectivity index (χ2n) is 4.57. The summed E-state index contributed by atoms with van der Waals surface area (Å²) in [7, 11) is 1.92. The van der Waals surface area contributed by atoms with Crippen molar-refractivity contribution < 1.29 is 4.39 Å². The molecule has 0 bridgehead atoms. The monoisotopic (exact) mass is 242 g/mol. The van der Waals surface area contributed by atoms with Gasteiger partial charge in [-0.15, -0.1) is 0 Å². The molecule has 1 heterocycles. The lowest BCUT2D eigenvalue weighted by atomic mass is 10.1. The maximum Gasteiger partial charge on any atom is 0.125 e. The van der Waals surface area contributed by atoms with Gasteiger partial charge in [0.25, 0.3) is 0 Å². The molecule has 0 aromatic heterocycles. The van der Waals surface area contributed by atoms with Crippen LogP contribution in [0.25, 0.3) is 0 Å². The highest BCUT2D eigenvalue weighted by Crippen LogP contribution is 2.30. The number of nitrogens with zero attached hydrogens (tertiary/aromatic N) is 1. The van der Waals surface area contributed by atoms with Gasteiger partial charge in [0.05, 0.1) is 0 Å². The molecule has 0 saturated heterocycles. The largest absolute Gasteiger partial charge is 0.388 e. The first kappa shape index (κ1) is 11.1. The Morgan fingerprint density at radius 1 is 1.06 bits per heavy atom. The third kappa shape index (κ3) is 1.92. The van der Waals surface area contributed by atoms with Crippen molar-refractivity contribution in [1.82, 2.24) is 0 Å². The number of nitrogens with one attached hydrogen (secondary N) is 1. The highest BCUT2D eigenvalue weighted by Gasteiger charge is 2.19. The lowest BCUT2D eigenvalue weighted by molar-refractivity contribution is 0.626. The van der Waals surface area contributed by atoms with Crippen molar-refractivity contribution in [2.45, 2.75) is 13.1 Å². The van der Waals surface area contributed by atoms with Gasteiger partial charge in [-0.3, -0.25) is 0 Å². The van der Waals surface area contributed by atoms with Crippen LogP contribution in [0.5, 0.6) is 0 Å². The number of fused-ring (bicyclic) bond motifs is 1. The van der Waals surface area contributed by atoms with E-state index in [-0.39, 0.29) is 5.82 Å². The molecule has 1 aliphatic heterocycles. The number of anilines is 2. The lowest BCUT2D eigenvalue weighted by Gasteiger charge is -2.17. The minimum atomic E-state index is -0.181. The average Bonchev–Trinajstić information content (AvgIpc) is 2.81. The Morgan fingerprint density at radius 2 is 1.89 bits per heavy atom. The van der Waals surface area contributed by atoms with Crippen LogP contribution in [0.2, 0.25) is 0 Å². The van der Waals surface area contributed by atoms with Gasteiger partial charge in [-0.05, 0) is 41.5 Å². The maximum atomic E-state index is 13.2. The van der Waals surface area contributed by atoms with Crippen molar-refractivity contribution >= 4 is 11.4 Å². The van der Waals surface area contributed by atoms with Gasteiger partial charge in [0.2, 0.25) is 0 Å². The Bertz CT molecular complexity index is 580. The summed E-state index contributed by atoms with van der Waals surface area (Å²) in [5.41, 5.74) is 4.69. The van der Waals surface area contributed by atoms with E-state index in [2.05, 4.69) is 28.4 Å². The van der Waals surface area contributed by atoms with Crippen LogP contribution in [0.15, 0.2) is 42.5 Å². The summed E-state index contributed by atoms with van der Waals surface area (Å²) in [6.07, 6.45) is 0. The van der Waals surface area contributed by atoms with Gasteiger partial charge in [0.1, 0.15) is 5.82 Å². The van der Waals surface area contributed by atoms with Crippen molar-refractivity contribution in [3.8, 4) is 0 Å². The predicted octanol–water partition coefficient (Wildman–Crippen LogP) is 3.39. The van der Waals surface area contributed by atoms with Crippen LogP contribution in [0, 0.1) is 5.82 Å². The van der Waals surface area contributed by atoms with Gasteiger partial charge in [-0.2, -0.15) is 0 Å². The molecular formula is C15H15FN2. The van der Waals surface area contributed by atoms with Crippen LogP contribution in [-0.2, 0) is 13.1 Å². The highest BCUT2D eigenvalue weighted by atomic mass is 19.1. The molecule has 18 heavy (non-hydrogen) atoms. The van der Waals surface area contributed by atoms with Gasteiger partial charge < -0.3 is 10.2 Å². The molecule has 0 amide bonds. The van der Waals surface area contributed by atoms with E-state index in [0.717, 1.165) is 24.5 Å². The minimum absolute atomic E-state index is 0.181. The predicted molar refractivity (Wildman–Crippen MR) is 72.3 cm³/mol. The van der Waals surface area contributed by atoms with Gasteiger partial charge in [-0.1, -0.05) is 12.1 Å². The lowest BCUT2D eigenvalue weighted by Crippen LogP contribution is -2.14. The summed E-state index contributed by atoms with van der Waals surface area (Å²) in [5.74, 6) is -0.181. The molecule has 3 heteroatoms. The van der Waals surface area contributed by atoms with E-state index in [1.165, 1.54) is 17.2 Å². The Kier molecular flexibility index (Phi) is 2.67. The van der Waals surface area contributed by atoms with E-state index in [0.29, 0.717) is 0 Å². The minimum Gasteiger partial charge on any atom is -0.388 e. The van der Waals surface area contributed by atoms with Crippen molar-refractivity contribution in [2.75, 3.05) is 17.3 Å². The second kappa shape index (κ2) is 4.33. The number of halogens is 1. The van der Waals surface area contributed by atoms with Crippen molar-refractivity contribution in [3.05, 3.63) is 59.4 Å². The molecule has 0 unspecified atom stereocenters. The zero-order valence-corrected chi connectivity index (χ0v) is 10.3. The van der Waals surface area contributed by atoms with E-state index in [1.807, 2.05) is 13.1 Å². The van der Waals surface area contributed by atoms with Gasteiger partial charge in [0.15, 0.2) is 0 Å². The molecule has 3 rings (SSSR count). The average molecular weight is 242 g/mol. The molecule has 92 valence electrons. The molecule has 0 radical (unpaired) electrons. The fourth-order valence-electron chi connectivity index (χ4n) is 2.41. The van der Waals surface area contributed by atoms with Gasteiger partial charge >= 0.3 is 0 Å². The topological polar surface area (TPSA) is 15.3 Å². The second-order valence-corrected chi connectivity index (χ2v) is 4.57. The Balaban J connectivity index is 1.88. The van der Waals surface area contributed by atoms with Gasteiger partial charge in [0, 0.05) is 31.5 Å². The smallest absolute Gasteiger partial charge is 0.125 e. The molecule has 0 saturated carbocycles. The first-order chi connectivity index (χ1) is 8.76. The van der Waals surface area contributed by atoms with Crippen molar-refractivity contribution in [1.29, 1.82) is 0 Å². The molecule has 1 N–H and O–H groups in total. The molecule has 0 aliphatic carbocycles. The maximum absolute atomic E-state index is 13.2. The fourth-order valence-corrected chi connectivity index (χ4v) is 2.41. The van der Waals surface area contributed by atoms with E-state index in [1.54, 1.807) is 12.1 Å². The molecule has 2 nitrogen and oxygen atoms in total. The summed E-state index contributed by atoms with van der Waals surface area (Å²) >= 11 is 0. The normalized spacial score (nSPS) is 13.6. The van der Waals surface area contributed by atoms with Crippen LogP contribution in [-0.4, -0.2) is 7.05 Å². The molecule has 2 aromatic carbocycles. The van der Waals surface area contributed by atoms with E-state index in [9.17, 15) is 4.39 Å². The Morgan fingerprint density at radius 3 is 2.67 bits per heavy atom. The van der Waals surface area contributed by atoms with Crippen LogP contribution in [0.1, 0.15) is 11.1 Å². The summed E-state index contributed by atoms with van der Waals surface area (Å²) in [5, 5.41) is 3.14. The number of rotatable bonds is 2. The standard InChI is InChI=1S/C15H15FN2/c1-17-14-6-5-11-9-18(10-12(11)7-14)15-4-2-3-13(16)8-15/h2-8,17H,9-10H2,1H3. The van der Waals surface area contributed by atoms with Crippen LogP contribution < -0.4 is 10.2 Å². The van der Waals surface area contributed by atoms with Crippen LogP contribution >= 0.6 is 0 Å². The molecule has 1 aliphatic rings. The molecule has 0 atom stereocenters. The fraction of sp³-hybridized carbons (Fsp3) is 0.200. The third-order valence-corrected chi connectivity index (χ3v) is 3.39. The quantitative estimate of drug-likeness (QED) is 0.868. The first-order valence-electron chi connectivity index (χ1n) is 6.06.